The standard InChI is InChI=1S/C15H22N2O2S/c1-10(14(9-18)20-2)17-15(19)12-5-3-7-13-11(12)6-4-8-16-13/h3,5,7,10,14,16,18H,4,6,8-9H2,1-2H3,(H,17,19). The average molecular weight is 294 g/mol. The lowest BCUT2D eigenvalue weighted by atomic mass is 9.97. The normalized spacial score (nSPS) is 16.8. The number of nitrogens with one attached hydrogen (secondary N) is 2. The Kier molecular flexibility index (Phi) is 5.31. The molecule has 4 nitrogen and oxygen atoms in total. The Labute approximate surface area is 124 Å². The van der Waals surface area contributed by atoms with Gasteiger partial charge in [0.05, 0.1) is 6.61 Å². The first-order valence-electron chi connectivity index (χ1n) is 6.97. The molecule has 2 atom stereocenters. The van der Waals surface area contributed by atoms with E-state index in [-0.39, 0.29) is 23.8 Å². The molecular weight excluding hydrogens is 272 g/mol. The molecule has 2 rings (SSSR count). The molecule has 0 bridgehead atoms. The number of benzene rings is 1. The molecule has 1 heterocycles. The Bertz CT molecular complexity index is 475. The summed E-state index contributed by atoms with van der Waals surface area (Å²) in [5.41, 5.74) is 2.92. The summed E-state index contributed by atoms with van der Waals surface area (Å²) < 4.78 is 0. The van der Waals surface area contributed by atoms with Crippen LogP contribution in [0.2, 0.25) is 0 Å². The molecule has 0 radical (unpaired) electrons. The van der Waals surface area contributed by atoms with E-state index in [0.717, 1.165) is 36.2 Å². The molecule has 2 unspecified atom stereocenters. The minimum Gasteiger partial charge on any atom is -0.395 e. The summed E-state index contributed by atoms with van der Waals surface area (Å²) in [5.74, 6) is -0.0504. The van der Waals surface area contributed by atoms with Crippen molar-refractivity contribution in [1.82, 2.24) is 5.32 Å². The monoisotopic (exact) mass is 294 g/mol. The zero-order valence-electron chi connectivity index (χ0n) is 12.0. The van der Waals surface area contributed by atoms with Crippen LogP contribution in [0.3, 0.4) is 0 Å². The van der Waals surface area contributed by atoms with Crippen LogP contribution in [0.25, 0.3) is 0 Å². The van der Waals surface area contributed by atoms with Gasteiger partial charge >= 0.3 is 0 Å². The van der Waals surface area contributed by atoms with Crippen LogP contribution in [0.5, 0.6) is 0 Å². The quantitative estimate of drug-likeness (QED) is 0.776. The van der Waals surface area contributed by atoms with Crippen molar-refractivity contribution in [2.24, 2.45) is 0 Å². The summed E-state index contributed by atoms with van der Waals surface area (Å²) in [7, 11) is 0. The summed E-state index contributed by atoms with van der Waals surface area (Å²) in [6.07, 6.45) is 3.93. The van der Waals surface area contributed by atoms with Crippen LogP contribution in [0, 0.1) is 0 Å². The summed E-state index contributed by atoms with van der Waals surface area (Å²) in [6.45, 7) is 2.97. The van der Waals surface area contributed by atoms with Gasteiger partial charge in [0.1, 0.15) is 0 Å². The third-order valence-corrected chi connectivity index (χ3v) is 4.90. The van der Waals surface area contributed by atoms with Gasteiger partial charge in [-0.3, -0.25) is 4.79 Å². The van der Waals surface area contributed by atoms with Crippen LogP contribution in [0.15, 0.2) is 18.2 Å². The van der Waals surface area contributed by atoms with Crippen molar-refractivity contribution < 1.29 is 9.90 Å². The molecule has 3 N–H and O–H groups in total. The number of hydrogen-bond acceptors (Lipinski definition) is 4. The second kappa shape index (κ2) is 6.99. The highest BCUT2D eigenvalue weighted by atomic mass is 32.2. The van der Waals surface area contributed by atoms with E-state index in [1.165, 1.54) is 0 Å². The number of amides is 1. The molecule has 0 aliphatic carbocycles. The highest BCUT2D eigenvalue weighted by Gasteiger charge is 2.21. The Morgan fingerprint density at radius 1 is 1.55 bits per heavy atom. The Hall–Kier alpha value is -1.20. The number of carbonyl (C=O) groups excluding carboxylic acids is 1. The van der Waals surface area contributed by atoms with Crippen LogP contribution >= 0.6 is 11.8 Å². The predicted molar refractivity (Wildman–Crippen MR) is 84.6 cm³/mol. The first-order chi connectivity index (χ1) is 9.67. The van der Waals surface area contributed by atoms with Crippen LogP contribution in [-0.2, 0) is 6.42 Å². The van der Waals surface area contributed by atoms with Gasteiger partial charge in [0.15, 0.2) is 0 Å². The van der Waals surface area contributed by atoms with Crippen LogP contribution < -0.4 is 10.6 Å². The zero-order valence-corrected chi connectivity index (χ0v) is 12.8. The smallest absolute Gasteiger partial charge is 0.251 e. The third kappa shape index (κ3) is 3.27. The van der Waals surface area contributed by atoms with E-state index < -0.39 is 0 Å². The van der Waals surface area contributed by atoms with E-state index in [0.29, 0.717) is 0 Å². The van der Waals surface area contributed by atoms with Crippen LogP contribution in [0.1, 0.15) is 29.3 Å². The minimum atomic E-state index is -0.0603. The largest absolute Gasteiger partial charge is 0.395 e. The van der Waals surface area contributed by atoms with Crippen molar-refractivity contribution in [3.05, 3.63) is 29.3 Å². The molecule has 0 aromatic heterocycles. The molecule has 1 aliphatic rings. The molecule has 1 aliphatic heterocycles. The summed E-state index contributed by atoms with van der Waals surface area (Å²) in [4.78, 5) is 12.4. The van der Waals surface area contributed by atoms with Gasteiger partial charge in [0, 0.05) is 29.1 Å². The molecule has 0 saturated carbocycles. The number of thioether (sulfide) groups is 1. The van der Waals surface area contributed by atoms with Gasteiger partial charge in [0.25, 0.3) is 5.91 Å². The number of aliphatic hydroxyl groups is 1. The molecule has 1 amide bonds. The molecule has 1 aromatic carbocycles. The molecule has 110 valence electrons. The van der Waals surface area contributed by atoms with Gasteiger partial charge in [-0.05, 0) is 43.7 Å². The first kappa shape index (κ1) is 15.2. The molecular formula is C15H22N2O2S. The van der Waals surface area contributed by atoms with Crippen molar-refractivity contribution >= 4 is 23.4 Å². The van der Waals surface area contributed by atoms with Crippen molar-refractivity contribution in [2.45, 2.75) is 31.1 Å². The maximum absolute atomic E-state index is 12.4. The number of fused-ring (bicyclic) bond motifs is 1. The van der Waals surface area contributed by atoms with E-state index in [2.05, 4.69) is 10.6 Å². The fourth-order valence-electron chi connectivity index (χ4n) is 2.54. The highest BCUT2D eigenvalue weighted by molar-refractivity contribution is 7.99. The second-order valence-electron chi connectivity index (χ2n) is 5.08. The van der Waals surface area contributed by atoms with Gasteiger partial charge in [-0.1, -0.05) is 6.07 Å². The van der Waals surface area contributed by atoms with Gasteiger partial charge < -0.3 is 15.7 Å². The number of rotatable bonds is 5. The first-order valence-corrected chi connectivity index (χ1v) is 8.26. The van der Waals surface area contributed by atoms with Crippen LogP contribution in [0.4, 0.5) is 5.69 Å². The SMILES string of the molecule is CSC(CO)C(C)NC(=O)c1cccc2c1CCCN2. The number of anilines is 1. The molecule has 0 saturated heterocycles. The second-order valence-corrected chi connectivity index (χ2v) is 6.16. The maximum Gasteiger partial charge on any atom is 0.251 e. The Balaban J connectivity index is 2.13. The summed E-state index contributed by atoms with van der Waals surface area (Å²) in [6, 6.07) is 5.75. The lowest BCUT2D eigenvalue weighted by Gasteiger charge is -2.24. The van der Waals surface area contributed by atoms with Gasteiger partial charge in [-0.2, -0.15) is 11.8 Å². The molecule has 20 heavy (non-hydrogen) atoms. The van der Waals surface area contributed by atoms with E-state index in [1.54, 1.807) is 11.8 Å². The Morgan fingerprint density at radius 2 is 2.35 bits per heavy atom. The van der Waals surface area contributed by atoms with E-state index in [1.807, 2.05) is 31.4 Å². The zero-order chi connectivity index (χ0) is 14.5. The third-order valence-electron chi connectivity index (χ3n) is 3.74. The van der Waals surface area contributed by atoms with Gasteiger partial charge in [0.2, 0.25) is 0 Å². The van der Waals surface area contributed by atoms with Crippen molar-refractivity contribution in [1.29, 1.82) is 0 Å². The van der Waals surface area contributed by atoms with E-state index in [9.17, 15) is 9.90 Å². The lowest BCUT2D eigenvalue weighted by Crippen LogP contribution is -2.41. The van der Waals surface area contributed by atoms with Crippen molar-refractivity contribution in [2.75, 3.05) is 24.7 Å². The van der Waals surface area contributed by atoms with E-state index >= 15 is 0 Å². The summed E-state index contributed by atoms with van der Waals surface area (Å²) in [5, 5.41) is 15.6. The lowest BCUT2D eigenvalue weighted by molar-refractivity contribution is 0.0935. The Morgan fingerprint density at radius 3 is 3.05 bits per heavy atom. The fraction of sp³-hybridized carbons (Fsp3) is 0.533. The number of aliphatic hydroxyl groups excluding tert-OH is 1. The average Bonchev–Trinajstić information content (AvgIpc) is 2.47. The molecule has 0 fully saturated rings. The molecule has 1 aromatic rings. The van der Waals surface area contributed by atoms with Gasteiger partial charge in [-0.25, -0.2) is 0 Å². The maximum atomic E-state index is 12.4. The predicted octanol–water partition coefficient (Wildman–Crippen LogP) is 1.89. The summed E-state index contributed by atoms with van der Waals surface area (Å²) >= 11 is 1.57. The van der Waals surface area contributed by atoms with Crippen molar-refractivity contribution in [3.8, 4) is 0 Å². The molecule has 5 heteroatoms. The fourth-order valence-corrected chi connectivity index (χ4v) is 3.16. The minimum absolute atomic E-state index is 0.0246. The van der Waals surface area contributed by atoms with Crippen LogP contribution in [-0.4, -0.2) is 41.7 Å². The molecule has 0 spiro atoms. The number of hydrogen-bond donors (Lipinski definition) is 3. The number of carbonyl (C=O) groups is 1. The highest BCUT2D eigenvalue weighted by Crippen LogP contribution is 2.25. The van der Waals surface area contributed by atoms with Gasteiger partial charge in [-0.15, -0.1) is 0 Å². The topological polar surface area (TPSA) is 61.4 Å². The van der Waals surface area contributed by atoms with E-state index in [4.69, 9.17) is 0 Å². The van der Waals surface area contributed by atoms with Crippen molar-refractivity contribution in [3.63, 3.8) is 0 Å².